The first-order valence-electron chi connectivity index (χ1n) is 19.5. The van der Waals surface area contributed by atoms with E-state index < -0.39 is 55.4 Å². The van der Waals surface area contributed by atoms with Crippen LogP contribution in [-0.2, 0) is 28.5 Å². The Hall–Kier alpha value is -3.64. The molecular formula is C44H66O10. The van der Waals surface area contributed by atoms with Crippen molar-refractivity contribution in [1.82, 2.24) is 0 Å². The summed E-state index contributed by atoms with van der Waals surface area (Å²) in [5.41, 5.74) is 0. The molecule has 0 bridgehead atoms. The van der Waals surface area contributed by atoms with Crippen molar-refractivity contribution >= 4 is 11.9 Å². The van der Waals surface area contributed by atoms with E-state index in [0.29, 0.717) is 12.8 Å². The van der Waals surface area contributed by atoms with Crippen LogP contribution in [0, 0.1) is 0 Å². The predicted octanol–water partition coefficient (Wildman–Crippen LogP) is 7.37. The number of esters is 2. The summed E-state index contributed by atoms with van der Waals surface area (Å²) in [6.45, 7) is 3.00. The Morgan fingerprint density at radius 2 is 1.17 bits per heavy atom. The van der Waals surface area contributed by atoms with Gasteiger partial charge in [-0.2, -0.15) is 0 Å². The van der Waals surface area contributed by atoms with Gasteiger partial charge in [-0.25, -0.2) is 0 Å². The molecule has 1 aliphatic rings. The minimum Gasteiger partial charge on any atom is -0.462 e. The lowest BCUT2D eigenvalue weighted by molar-refractivity contribution is -0.305. The van der Waals surface area contributed by atoms with Gasteiger partial charge in [0.25, 0.3) is 0 Å². The summed E-state index contributed by atoms with van der Waals surface area (Å²) in [5, 5.41) is 39.9. The van der Waals surface area contributed by atoms with Crippen LogP contribution < -0.4 is 0 Å². The van der Waals surface area contributed by atoms with Crippen LogP contribution in [0.15, 0.2) is 109 Å². The van der Waals surface area contributed by atoms with Gasteiger partial charge >= 0.3 is 11.9 Å². The van der Waals surface area contributed by atoms with Crippen molar-refractivity contribution in [2.24, 2.45) is 0 Å². The molecule has 4 N–H and O–H groups in total. The van der Waals surface area contributed by atoms with E-state index in [0.717, 1.165) is 57.8 Å². The van der Waals surface area contributed by atoms with E-state index >= 15 is 0 Å². The normalized spacial score (nSPS) is 21.9. The molecule has 0 aromatic heterocycles. The van der Waals surface area contributed by atoms with E-state index in [-0.39, 0.29) is 26.1 Å². The second-order valence-electron chi connectivity index (χ2n) is 12.7. The summed E-state index contributed by atoms with van der Waals surface area (Å²) < 4.78 is 21.9. The molecule has 3 unspecified atom stereocenters. The third kappa shape index (κ3) is 25.4. The van der Waals surface area contributed by atoms with Crippen LogP contribution in [0.25, 0.3) is 0 Å². The fourth-order valence-corrected chi connectivity index (χ4v) is 4.95. The predicted molar refractivity (Wildman–Crippen MR) is 214 cm³/mol. The Bertz CT molecular complexity index is 1240. The number of unbranched alkanes of at least 4 members (excludes halogenated alkanes) is 3. The maximum Gasteiger partial charge on any atom is 0.306 e. The molecule has 0 aromatic carbocycles. The van der Waals surface area contributed by atoms with Crippen molar-refractivity contribution in [3.05, 3.63) is 109 Å². The van der Waals surface area contributed by atoms with Gasteiger partial charge in [-0.15, -0.1) is 0 Å². The number of rotatable bonds is 29. The zero-order chi connectivity index (χ0) is 39.5. The molecule has 1 rings (SSSR count). The lowest BCUT2D eigenvalue weighted by Gasteiger charge is -2.39. The van der Waals surface area contributed by atoms with E-state index in [9.17, 15) is 30.0 Å². The molecule has 0 radical (unpaired) electrons. The van der Waals surface area contributed by atoms with E-state index in [2.05, 4.69) is 74.6 Å². The van der Waals surface area contributed by atoms with Crippen LogP contribution in [-0.4, -0.2) is 89.0 Å². The Morgan fingerprint density at radius 3 is 1.78 bits per heavy atom. The summed E-state index contributed by atoms with van der Waals surface area (Å²) >= 11 is 0. The Morgan fingerprint density at radius 1 is 0.593 bits per heavy atom. The number of aliphatic hydroxyl groups is 4. The molecule has 0 saturated carbocycles. The summed E-state index contributed by atoms with van der Waals surface area (Å²) in [6, 6.07) is 0. The fraction of sp³-hybridized carbons (Fsp3) is 0.545. The van der Waals surface area contributed by atoms with E-state index in [1.165, 1.54) is 0 Å². The van der Waals surface area contributed by atoms with Crippen molar-refractivity contribution in [1.29, 1.82) is 0 Å². The Labute approximate surface area is 323 Å². The molecule has 302 valence electrons. The van der Waals surface area contributed by atoms with Crippen LogP contribution in [0.1, 0.15) is 97.3 Å². The van der Waals surface area contributed by atoms with Gasteiger partial charge in [-0.05, 0) is 64.2 Å². The van der Waals surface area contributed by atoms with Gasteiger partial charge < -0.3 is 39.4 Å². The van der Waals surface area contributed by atoms with Crippen molar-refractivity contribution in [3.8, 4) is 0 Å². The van der Waals surface area contributed by atoms with Gasteiger partial charge in [0.05, 0.1) is 13.2 Å². The van der Waals surface area contributed by atoms with Crippen LogP contribution in [0.5, 0.6) is 0 Å². The molecule has 1 aliphatic heterocycles. The van der Waals surface area contributed by atoms with Gasteiger partial charge in [0.2, 0.25) is 0 Å². The van der Waals surface area contributed by atoms with Gasteiger partial charge in [0, 0.05) is 12.8 Å². The number of ether oxygens (including phenoxy) is 4. The highest BCUT2D eigenvalue weighted by Gasteiger charge is 2.44. The average Bonchev–Trinajstić information content (AvgIpc) is 3.17. The van der Waals surface area contributed by atoms with Crippen molar-refractivity contribution in [2.45, 2.75) is 134 Å². The fourth-order valence-electron chi connectivity index (χ4n) is 4.95. The molecule has 0 aliphatic carbocycles. The lowest BCUT2D eigenvalue weighted by Crippen LogP contribution is -2.59. The van der Waals surface area contributed by atoms with Crippen molar-refractivity contribution in [2.75, 3.05) is 19.8 Å². The van der Waals surface area contributed by atoms with Gasteiger partial charge in [0.15, 0.2) is 12.4 Å². The van der Waals surface area contributed by atoms with Crippen molar-refractivity contribution < 1.29 is 49.0 Å². The molecule has 6 atom stereocenters. The summed E-state index contributed by atoms with van der Waals surface area (Å²) in [4.78, 5) is 25.2. The molecule has 0 aromatic rings. The molecule has 0 spiro atoms. The van der Waals surface area contributed by atoms with E-state index in [4.69, 9.17) is 18.9 Å². The smallest absolute Gasteiger partial charge is 0.306 e. The highest BCUT2D eigenvalue weighted by atomic mass is 16.7. The topological polar surface area (TPSA) is 152 Å². The molecule has 1 heterocycles. The molecule has 54 heavy (non-hydrogen) atoms. The Balaban J connectivity index is 2.49. The van der Waals surface area contributed by atoms with Gasteiger partial charge in [-0.3, -0.25) is 9.59 Å². The standard InChI is InChI=1S/C44H66O10/c1-3-5-7-9-11-13-15-17-18-19-21-22-24-26-28-30-32-39(46)51-35-37(36-52-44-43(50)42(49)41(48)38(34-45)54-44)53-40(47)33-31-29-27-25-23-20-16-14-12-10-8-6-4-2/h5-8,10-14,16-18,20-23,26,28,37-38,41-45,48-50H,3-4,9,15,19,24-25,27,29-36H2,1-2H3/b7-5+,8-6+,12-10+,13-11+,16-14+,18-17+,22-21+,23-20+,28-26+/t37?,38-,41+,42?,43?,44-/m0/s1. The SMILES string of the molecule is CC/C=C/C=C/C=C/C=C/CCCCCC(=O)OC(COC(=O)CC/C=C/C/C=C/C/C=C/C/C=C/C/C=C/CC)CO[C@H]1O[C@@H](CO)[C@@H](O)C(O)C1O. The maximum atomic E-state index is 12.7. The largest absolute Gasteiger partial charge is 0.462 e. The number of hydrogen-bond acceptors (Lipinski definition) is 10. The van der Waals surface area contributed by atoms with Gasteiger partial charge in [-0.1, -0.05) is 130 Å². The second kappa shape index (κ2) is 33.9. The molecule has 10 heteroatoms. The first-order chi connectivity index (χ1) is 26.3. The number of aliphatic hydroxyl groups excluding tert-OH is 4. The second-order valence-corrected chi connectivity index (χ2v) is 12.7. The first-order valence-corrected chi connectivity index (χ1v) is 19.5. The summed E-state index contributed by atoms with van der Waals surface area (Å²) in [7, 11) is 0. The zero-order valence-electron chi connectivity index (χ0n) is 32.4. The molecule has 10 nitrogen and oxygen atoms in total. The third-order valence-electron chi connectivity index (χ3n) is 8.01. The van der Waals surface area contributed by atoms with Crippen LogP contribution in [0.3, 0.4) is 0 Å². The molecule has 0 amide bonds. The first kappa shape index (κ1) is 48.4. The highest BCUT2D eigenvalue weighted by Crippen LogP contribution is 2.22. The van der Waals surface area contributed by atoms with Crippen molar-refractivity contribution in [3.63, 3.8) is 0 Å². The highest BCUT2D eigenvalue weighted by molar-refractivity contribution is 5.70. The monoisotopic (exact) mass is 754 g/mol. The number of carbonyl (C=O) groups is 2. The number of carbonyl (C=O) groups excluding carboxylic acids is 2. The van der Waals surface area contributed by atoms with E-state index in [1.807, 2.05) is 48.6 Å². The zero-order valence-corrected chi connectivity index (χ0v) is 32.4. The van der Waals surface area contributed by atoms with Crippen LogP contribution in [0.2, 0.25) is 0 Å². The van der Waals surface area contributed by atoms with E-state index in [1.54, 1.807) is 0 Å². The maximum absolute atomic E-state index is 12.7. The number of hydrogen-bond donors (Lipinski definition) is 4. The number of allylic oxidation sites excluding steroid dienone is 18. The molecule has 1 fully saturated rings. The van der Waals surface area contributed by atoms with Crippen LogP contribution in [0.4, 0.5) is 0 Å². The summed E-state index contributed by atoms with van der Waals surface area (Å²) in [5.74, 6) is -0.966. The minimum atomic E-state index is -1.62. The average molecular weight is 755 g/mol. The minimum absolute atomic E-state index is 0.135. The molecular weight excluding hydrogens is 688 g/mol. The van der Waals surface area contributed by atoms with Crippen LogP contribution >= 0.6 is 0 Å². The third-order valence-corrected chi connectivity index (χ3v) is 8.01. The summed E-state index contributed by atoms with van der Waals surface area (Å²) in [6.07, 6.45) is 38.3. The quantitative estimate of drug-likeness (QED) is 0.0264. The molecule has 1 saturated heterocycles. The Kier molecular flexibility index (Phi) is 30.4. The van der Waals surface area contributed by atoms with Gasteiger partial charge in [0.1, 0.15) is 31.0 Å². The lowest BCUT2D eigenvalue weighted by atomic mass is 9.99.